The van der Waals surface area contributed by atoms with Crippen molar-refractivity contribution in [2.24, 2.45) is 0 Å². The topological polar surface area (TPSA) is 63.6 Å². The van der Waals surface area contributed by atoms with Crippen LogP contribution in [0.2, 0.25) is 0 Å². The molecule has 5 heteroatoms. The first-order valence-electron chi connectivity index (χ1n) is 11.5. The molecule has 0 rings (SSSR count). The van der Waals surface area contributed by atoms with Crippen molar-refractivity contribution in [3.63, 3.8) is 0 Å². The van der Waals surface area contributed by atoms with Crippen LogP contribution in [-0.2, 0) is 14.3 Å². The Morgan fingerprint density at radius 1 is 0.857 bits per heavy atom. The third kappa shape index (κ3) is 19.7. The molecule has 0 aromatic carbocycles. The van der Waals surface area contributed by atoms with Gasteiger partial charge in [-0.1, -0.05) is 84.0 Å². The van der Waals surface area contributed by atoms with Crippen LogP contribution in [0, 0.1) is 0 Å². The van der Waals surface area contributed by atoms with E-state index in [1.165, 1.54) is 70.6 Å². The van der Waals surface area contributed by atoms with E-state index in [0.717, 1.165) is 12.8 Å². The number of quaternary nitrogens is 1. The van der Waals surface area contributed by atoms with E-state index in [1.807, 2.05) is 21.1 Å². The lowest BCUT2D eigenvalue weighted by molar-refractivity contribution is -0.873. The molecule has 0 spiro atoms. The molecule has 1 N–H and O–H groups in total. The number of carboxylic acid groups (broad SMARTS) is 1. The number of carboxylic acids is 1. The predicted molar refractivity (Wildman–Crippen MR) is 115 cm³/mol. The fraction of sp³-hybridized carbons (Fsp3) is 0.913. The van der Waals surface area contributed by atoms with E-state index >= 15 is 0 Å². The van der Waals surface area contributed by atoms with Crippen LogP contribution in [0.4, 0.5) is 0 Å². The molecule has 0 saturated heterocycles. The Labute approximate surface area is 173 Å². The maximum absolute atomic E-state index is 12.0. The summed E-state index contributed by atoms with van der Waals surface area (Å²) < 4.78 is 5.98. The monoisotopic (exact) mass is 402 g/mol. The number of nitrogens with zero attached hydrogens (tertiary/aromatic N) is 1. The minimum absolute atomic E-state index is 0.125. The summed E-state index contributed by atoms with van der Waals surface area (Å²) in [5.41, 5.74) is 0. The Kier molecular flexibility index (Phi) is 16.2. The normalized spacial score (nSPS) is 12.7. The second-order valence-electron chi connectivity index (χ2n) is 9.18. The molecule has 0 aliphatic carbocycles. The molecule has 0 unspecified atom stereocenters. The molecule has 0 aliphatic rings. The number of likely N-dealkylation sites (N-methyl/N-ethyl adjacent to an activating group) is 1. The van der Waals surface area contributed by atoms with Crippen LogP contribution in [0.1, 0.15) is 103 Å². The first-order valence-corrected chi connectivity index (χ1v) is 11.5. The van der Waals surface area contributed by atoms with Crippen LogP contribution in [0.5, 0.6) is 0 Å². The van der Waals surface area contributed by atoms with Gasteiger partial charge in [0.1, 0.15) is 6.54 Å². The summed E-state index contributed by atoms with van der Waals surface area (Å²) in [6.07, 6.45) is 16.2. The van der Waals surface area contributed by atoms with E-state index in [1.54, 1.807) is 0 Å². The van der Waals surface area contributed by atoms with Crippen molar-refractivity contribution in [2.75, 3.05) is 27.7 Å². The Morgan fingerprint density at radius 3 is 1.68 bits per heavy atom. The standard InChI is InChI=1S/C23H45NO4/c1-5-6-7-8-9-10-11-12-13-14-15-16-17-18-23(27)28-21(19-22(25)26)20-24(2,3)4/h21H,5-20H2,1-4H3/p+1/t21-/m1/s1/i23+2. The van der Waals surface area contributed by atoms with E-state index in [9.17, 15) is 9.59 Å². The van der Waals surface area contributed by atoms with Crippen LogP contribution in [-0.4, -0.2) is 55.3 Å². The van der Waals surface area contributed by atoms with Crippen molar-refractivity contribution in [2.45, 2.75) is 109 Å². The third-order valence-electron chi connectivity index (χ3n) is 4.94. The molecule has 1 atom stereocenters. The zero-order valence-corrected chi connectivity index (χ0v) is 19.0. The van der Waals surface area contributed by atoms with E-state index in [4.69, 9.17) is 9.84 Å². The van der Waals surface area contributed by atoms with Gasteiger partial charge < -0.3 is 14.3 Å². The molecule has 0 aliphatic heterocycles. The lowest BCUT2D eigenvalue weighted by Crippen LogP contribution is -2.43. The lowest BCUT2D eigenvalue weighted by Gasteiger charge is -2.28. The third-order valence-corrected chi connectivity index (χ3v) is 4.94. The smallest absolute Gasteiger partial charge is 0.307 e. The van der Waals surface area contributed by atoms with E-state index in [-0.39, 0.29) is 12.4 Å². The van der Waals surface area contributed by atoms with Gasteiger partial charge in [-0.05, 0) is 6.42 Å². The van der Waals surface area contributed by atoms with E-state index < -0.39 is 12.1 Å². The summed E-state index contributed by atoms with van der Waals surface area (Å²) in [6.45, 7) is 2.77. The molecule has 0 bridgehead atoms. The summed E-state index contributed by atoms with van der Waals surface area (Å²) >= 11 is 0. The quantitative estimate of drug-likeness (QED) is 0.174. The van der Waals surface area contributed by atoms with Gasteiger partial charge in [0.2, 0.25) is 0 Å². The lowest BCUT2D eigenvalue weighted by atomic mass is 10.0. The highest BCUT2D eigenvalue weighted by Crippen LogP contribution is 2.14. The van der Waals surface area contributed by atoms with Gasteiger partial charge in [-0.25, -0.2) is 0 Å². The Balaban J connectivity index is 3.63. The van der Waals surface area contributed by atoms with Gasteiger partial charge in [0.15, 0.2) is 6.10 Å². The zero-order valence-electron chi connectivity index (χ0n) is 19.0. The van der Waals surface area contributed by atoms with Crippen molar-refractivity contribution in [3.8, 4) is 0 Å². The van der Waals surface area contributed by atoms with Gasteiger partial charge in [-0.2, -0.15) is 0 Å². The van der Waals surface area contributed by atoms with Crippen LogP contribution >= 0.6 is 0 Å². The minimum Gasteiger partial charge on any atom is -0.481 e. The Hall–Kier alpha value is -1.10. The zero-order chi connectivity index (χ0) is 21.3. The molecule has 28 heavy (non-hydrogen) atoms. The highest BCUT2D eigenvalue weighted by atomic mass is 16.8. The summed E-state index contributed by atoms with van der Waals surface area (Å²) in [5.74, 6) is -1.19. The summed E-state index contributed by atoms with van der Waals surface area (Å²) in [7, 11) is 5.90. The molecule has 0 radical (unpaired) electrons. The fourth-order valence-electron chi connectivity index (χ4n) is 3.48. The van der Waals surface area contributed by atoms with Crippen LogP contribution < -0.4 is 0 Å². The summed E-state index contributed by atoms with van der Waals surface area (Å²) in [4.78, 5) is 23.0. The predicted octanol–water partition coefficient (Wildman–Crippen LogP) is 5.56. The average molecular weight is 403 g/mol. The van der Waals surface area contributed by atoms with Crippen molar-refractivity contribution in [1.82, 2.24) is 0 Å². The van der Waals surface area contributed by atoms with Gasteiger partial charge in [0.05, 0.1) is 27.6 Å². The summed E-state index contributed by atoms with van der Waals surface area (Å²) in [6, 6.07) is 0. The molecule has 0 heterocycles. The molecule has 0 aromatic heterocycles. The number of rotatable bonds is 19. The van der Waals surface area contributed by atoms with Gasteiger partial charge in [0.25, 0.3) is 0 Å². The number of hydrogen-bond donors (Lipinski definition) is 1. The van der Waals surface area contributed by atoms with Crippen LogP contribution in [0.3, 0.4) is 0 Å². The van der Waals surface area contributed by atoms with Crippen LogP contribution in [0.15, 0.2) is 0 Å². The molecule has 5 nitrogen and oxygen atoms in total. The minimum atomic E-state index is -0.924. The molecule has 0 saturated carbocycles. The number of unbranched alkanes of at least 4 members (excludes halogenated alkanes) is 12. The Bertz CT molecular complexity index is 404. The number of ether oxygens (including phenoxy) is 1. The molecular formula is C23H46NO4+. The first kappa shape index (κ1) is 26.9. The van der Waals surface area contributed by atoms with E-state index in [2.05, 4.69) is 6.92 Å². The molecule has 0 amide bonds. The molecular weight excluding hydrogens is 356 g/mol. The fourth-order valence-corrected chi connectivity index (χ4v) is 3.48. The number of esters is 1. The number of carbonyl (C=O) groups excluding carboxylic acids is 1. The largest absolute Gasteiger partial charge is 0.481 e. The molecule has 0 aromatic rings. The first-order chi connectivity index (χ1) is 13.2. The van der Waals surface area contributed by atoms with Crippen molar-refractivity contribution in [3.05, 3.63) is 0 Å². The van der Waals surface area contributed by atoms with Gasteiger partial charge in [-0.15, -0.1) is 0 Å². The Morgan fingerprint density at radius 2 is 1.29 bits per heavy atom. The maximum atomic E-state index is 12.0. The van der Waals surface area contributed by atoms with Gasteiger partial charge in [-0.3, -0.25) is 9.59 Å². The number of hydrogen-bond acceptors (Lipinski definition) is 3. The maximum Gasteiger partial charge on any atom is 0.307 e. The highest BCUT2D eigenvalue weighted by molar-refractivity contribution is 5.71. The van der Waals surface area contributed by atoms with Crippen molar-refractivity contribution in [1.29, 1.82) is 0 Å². The van der Waals surface area contributed by atoms with Gasteiger partial charge >= 0.3 is 11.9 Å². The summed E-state index contributed by atoms with van der Waals surface area (Å²) in [5, 5.41) is 8.99. The number of aliphatic carboxylic acids is 1. The van der Waals surface area contributed by atoms with Crippen LogP contribution in [0.25, 0.3) is 0 Å². The average Bonchev–Trinajstić information content (AvgIpc) is 2.56. The van der Waals surface area contributed by atoms with Crippen molar-refractivity contribution >= 4 is 11.9 Å². The van der Waals surface area contributed by atoms with E-state index in [0.29, 0.717) is 17.4 Å². The van der Waals surface area contributed by atoms with Gasteiger partial charge in [0, 0.05) is 6.42 Å². The molecule has 166 valence electrons. The second kappa shape index (κ2) is 16.8. The highest BCUT2D eigenvalue weighted by Gasteiger charge is 2.24. The van der Waals surface area contributed by atoms with Crippen molar-refractivity contribution < 1.29 is 23.9 Å². The number of carbonyl (C=O) groups is 2. The SMILES string of the molecule is CCCCCCCCCCCCCCC[14C](=O)O[C@H](CC(=O)O)C[N+](C)(C)C. The second-order valence-corrected chi connectivity index (χ2v) is 9.18. The molecule has 0 fully saturated rings.